The lowest BCUT2D eigenvalue weighted by atomic mass is 10.1. The van der Waals surface area contributed by atoms with Gasteiger partial charge in [0.15, 0.2) is 0 Å². The summed E-state index contributed by atoms with van der Waals surface area (Å²) in [5.74, 6) is -0.486. The SMILES string of the molecule is CN(C)S(=O)(=O)N1CCN(C(=O)Cc2cccc(F)c2)CC1. The van der Waals surface area contributed by atoms with E-state index in [1.807, 2.05) is 0 Å². The first-order chi connectivity index (χ1) is 10.3. The summed E-state index contributed by atoms with van der Waals surface area (Å²) in [6.07, 6.45) is 0.123. The van der Waals surface area contributed by atoms with Gasteiger partial charge in [-0.3, -0.25) is 4.79 Å². The topological polar surface area (TPSA) is 60.9 Å². The van der Waals surface area contributed by atoms with Crippen molar-refractivity contribution >= 4 is 16.1 Å². The third kappa shape index (κ3) is 3.82. The van der Waals surface area contributed by atoms with E-state index >= 15 is 0 Å². The average molecular weight is 329 g/mol. The third-order valence-corrected chi connectivity index (χ3v) is 5.56. The second-order valence-electron chi connectivity index (χ2n) is 5.38. The minimum Gasteiger partial charge on any atom is -0.340 e. The van der Waals surface area contributed by atoms with Crippen molar-refractivity contribution in [2.75, 3.05) is 40.3 Å². The highest BCUT2D eigenvalue weighted by atomic mass is 32.2. The lowest BCUT2D eigenvalue weighted by Gasteiger charge is -2.35. The van der Waals surface area contributed by atoms with Crippen LogP contribution in [0.3, 0.4) is 0 Å². The summed E-state index contributed by atoms with van der Waals surface area (Å²) in [6, 6.07) is 5.94. The van der Waals surface area contributed by atoms with Gasteiger partial charge in [0.2, 0.25) is 5.91 Å². The van der Waals surface area contributed by atoms with Gasteiger partial charge in [-0.05, 0) is 17.7 Å². The number of piperazine rings is 1. The Labute approximate surface area is 130 Å². The van der Waals surface area contributed by atoms with Gasteiger partial charge in [-0.25, -0.2) is 4.39 Å². The van der Waals surface area contributed by atoms with Gasteiger partial charge in [0, 0.05) is 40.3 Å². The number of hydrogen-bond donors (Lipinski definition) is 0. The number of benzene rings is 1. The van der Waals surface area contributed by atoms with E-state index < -0.39 is 10.2 Å². The van der Waals surface area contributed by atoms with Gasteiger partial charge in [0.25, 0.3) is 10.2 Å². The van der Waals surface area contributed by atoms with Gasteiger partial charge >= 0.3 is 0 Å². The van der Waals surface area contributed by atoms with Crippen molar-refractivity contribution in [3.05, 3.63) is 35.6 Å². The Bertz CT molecular complexity index is 640. The molecule has 1 aliphatic rings. The highest BCUT2D eigenvalue weighted by Crippen LogP contribution is 2.12. The quantitative estimate of drug-likeness (QED) is 0.799. The fourth-order valence-electron chi connectivity index (χ4n) is 2.33. The van der Waals surface area contributed by atoms with E-state index in [0.29, 0.717) is 18.7 Å². The standard InChI is InChI=1S/C14H20FN3O3S/c1-16(2)22(20,21)18-8-6-17(7-9-18)14(19)11-12-4-3-5-13(15)10-12/h3-5,10H,6-9,11H2,1-2H3. The van der Waals surface area contributed by atoms with Crippen molar-refractivity contribution in [3.63, 3.8) is 0 Å². The second-order valence-corrected chi connectivity index (χ2v) is 7.52. The number of nitrogens with zero attached hydrogens (tertiary/aromatic N) is 3. The van der Waals surface area contributed by atoms with Crippen LogP contribution < -0.4 is 0 Å². The Hall–Kier alpha value is -1.51. The summed E-state index contributed by atoms with van der Waals surface area (Å²) in [6.45, 7) is 1.24. The van der Waals surface area contributed by atoms with Crippen LogP contribution >= 0.6 is 0 Å². The molecule has 0 saturated carbocycles. The first-order valence-corrected chi connectivity index (χ1v) is 8.40. The van der Waals surface area contributed by atoms with Gasteiger partial charge in [-0.15, -0.1) is 0 Å². The average Bonchev–Trinajstić information content (AvgIpc) is 2.47. The minimum atomic E-state index is -3.43. The molecule has 2 rings (SSSR count). The lowest BCUT2D eigenvalue weighted by Crippen LogP contribution is -2.53. The van der Waals surface area contributed by atoms with Crippen LogP contribution in [0.1, 0.15) is 5.56 Å². The van der Waals surface area contributed by atoms with Crippen LogP contribution in [0.15, 0.2) is 24.3 Å². The van der Waals surface area contributed by atoms with Gasteiger partial charge in [0.05, 0.1) is 6.42 Å². The fraction of sp³-hybridized carbons (Fsp3) is 0.500. The number of amides is 1. The molecule has 1 aromatic rings. The second kappa shape index (κ2) is 6.72. The van der Waals surface area contributed by atoms with E-state index in [-0.39, 0.29) is 31.2 Å². The molecule has 0 unspecified atom stereocenters. The molecule has 0 spiro atoms. The molecule has 8 heteroatoms. The summed E-state index contributed by atoms with van der Waals surface area (Å²) in [7, 11) is -0.469. The molecule has 1 heterocycles. The molecule has 0 atom stereocenters. The largest absolute Gasteiger partial charge is 0.340 e. The van der Waals surface area contributed by atoms with Crippen LogP contribution in [-0.2, 0) is 21.4 Å². The molecule has 1 amide bonds. The van der Waals surface area contributed by atoms with Crippen LogP contribution in [0.5, 0.6) is 0 Å². The molecule has 0 aromatic heterocycles. The minimum absolute atomic E-state index is 0.118. The Kier molecular flexibility index (Phi) is 5.15. The van der Waals surface area contributed by atoms with Gasteiger partial charge in [0.1, 0.15) is 5.82 Å². The molecule has 1 aromatic carbocycles. The number of carbonyl (C=O) groups is 1. The zero-order valence-corrected chi connectivity index (χ0v) is 13.5. The maximum atomic E-state index is 13.1. The number of halogens is 1. The Morgan fingerprint density at radius 3 is 2.41 bits per heavy atom. The van der Waals surface area contributed by atoms with Crippen molar-refractivity contribution < 1.29 is 17.6 Å². The summed E-state index contributed by atoms with van der Waals surface area (Å²) in [4.78, 5) is 13.8. The highest BCUT2D eigenvalue weighted by Gasteiger charge is 2.30. The summed E-state index contributed by atoms with van der Waals surface area (Å²) in [5, 5.41) is 0. The maximum Gasteiger partial charge on any atom is 0.281 e. The first-order valence-electron chi connectivity index (χ1n) is 7.00. The van der Waals surface area contributed by atoms with Crippen LogP contribution in [0.4, 0.5) is 4.39 Å². The van der Waals surface area contributed by atoms with E-state index in [1.54, 1.807) is 17.0 Å². The predicted molar refractivity (Wildman–Crippen MR) is 80.9 cm³/mol. The van der Waals surface area contributed by atoms with Gasteiger partial charge in [-0.1, -0.05) is 12.1 Å². The number of carbonyl (C=O) groups excluding carboxylic acids is 1. The fourth-order valence-corrected chi connectivity index (χ4v) is 3.42. The van der Waals surface area contributed by atoms with Crippen molar-refractivity contribution in [2.45, 2.75) is 6.42 Å². The molecular weight excluding hydrogens is 309 g/mol. The molecular formula is C14H20FN3O3S. The smallest absolute Gasteiger partial charge is 0.281 e. The molecule has 0 radical (unpaired) electrons. The number of hydrogen-bond acceptors (Lipinski definition) is 3. The maximum absolute atomic E-state index is 13.1. The molecule has 1 aliphatic heterocycles. The Morgan fingerprint density at radius 2 is 1.86 bits per heavy atom. The molecule has 122 valence electrons. The highest BCUT2D eigenvalue weighted by molar-refractivity contribution is 7.86. The van der Waals surface area contributed by atoms with Gasteiger partial charge < -0.3 is 4.90 Å². The summed E-state index contributed by atoms with van der Waals surface area (Å²) in [5.41, 5.74) is 0.619. The summed E-state index contributed by atoms with van der Waals surface area (Å²) < 4.78 is 39.6. The normalized spacial score (nSPS) is 17.0. The van der Waals surface area contributed by atoms with Crippen molar-refractivity contribution in [3.8, 4) is 0 Å². The third-order valence-electron chi connectivity index (χ3n) is 3.62. The monoisotopic (exact) mass is 329 g/mol. The zero-order valence-electron chi connectivity index (χ0n) is 12.7. The van der Waals surface area contributed by atoms with E-state index in [2.05, 4.69) is 0 Å². The van der Waals surface area contributed by atoms with Crippen LogP contribution in [0.2, 0.25) is 0 Å². The van der Waals surface area contributed by atoms with E-state index in [4.69, 9.17) is 0 Å². The lowest BCUT2D eigenvalue weighted by molar-refractivity contribution is -0.131. The molecule has 1 fully saturated rings. The molecule has 0 bridgehead atoms. The molecule has 0 aliphatic carbocycles. The van der Waals surface area contributed by atoms with E-state index in [1.165, 1.54) is 30.5 Å². The van der Waals surface area contributed by atoms with Crippen molar-refractivity contribution in [1.29, 1.82) is 0 Å². The van der Waals surface area contributed by atoms with Crippen LogP contribution in [0.25, 0.3) is 0 Å². The molecule has 6 nitrogen and oxygen atoms in total. The first kappa shape index (κ1) is 16.9. The van der Waals surface area contributed by atoms with E-state index in [9.17, 15) is 17.6 Å². The predicted octanol–water partition coefficient (Wildman–Crippen LogP) is 0.319. The van der Waals surface area contributed by atoms with Gasteiger partial charge in [-0.2, -0.15) is 17.0 Å². The van der Waals surface area contributed by atoms with Crippen LogP contribution in [0, 0.1) is 5.82 Å². The van der Waals surface area contributed by atoms with Crippen LogP contribution in [-0.4, -0.2) is 68.1 Å². The van der Waals surface area contributed by atoms with E-state index in [0.717, 1.165) is 4.31 Å². The Morgan fingerprint density at radius 1 is 1.23 bits per heavy atom. The Balaban J connectivity index is 1.93. The van der Waals surface area contributed by atoms with Crippen molar-refractivity contribution in [1.82, 2.24) is 13.5 Å². The number of rotatable bonds is 4. The zero-order chi connectivity index (χ0) is 16.3. The summed E-state index contributed by atoms with van der Waals surface area (Å²) >= 11 is 0. The van der Waals surface area contributed by atoms with Crippen molar-refractivity contribution in [2.24, 2.45) is 0 Å². The molecule has 22 heavy (non-hydrogen) atoms. The molecule has 0 N–H and O–H groups in total. The molecule has 1 saturated heterocycles.